The third-order valence-electron chi connectivity index (χ3n) is 4.81. The van der Waals surface area contributed by atoms with Crippen LogP contribution in [-0.2, 0) is 27.2 Å². The molecular formula is C22H19N5O3. The highest BCUT2D eigenvalue weighted by Crippen LogP contribution is 2.28. The van der Waals surface area contributed by atoms with Gasteiger partial charge in [0.2, 0.25) is 24.5 Å². The van der Waals surface area contributed by atoms with Crippen molar-refractivity contribution >= 4 is 29.0 Å². The fraction of sp³-hybridized carbons (Fsp3) is 0.136. The predicted octanol–water partition coefficient (Wildman–Crippen LogP) is 3.52. The van der Waals surface area contributed by atoms with Crippen molar-refractivity contribution in [2.24, 2.45) is 0 Å². The number of hydrogen-bond acceptors (Lipinski definition) is 7. The molecule has 0 saturated heterocycles. The van der Waals surface area contributed by atoms with Crippen molar-refractivity contribution in [2.75, 3.05) is 22.3 Å². The van der Waals surface area contributed by atoms with Gasteiger partial charge in [0.1, 0.15) is 12.1 Å². The fourth-order valence-electron chi connectivity index (χ4n) is 3.41. The normalized spacial score (nSPS) is 14.3. The first-order valence-corrected chi connectivity index (χ1v) is 9.53. The van der Waals surface area contributed by atoms with Gasteiger partial charge in [-0.25, -0.2) is 4.98 Å². The van der Waals surface area contributed by atoms with Crippen LogP contribution < -0.4 is 15.5 Å². The van der Waals surface area contributed by atoms with Crippen LogP contribution in [0.4, 0.5) is 23.1 Å². The highest BCUT2D eigenvalue weighted by atomic mass is 16.7. The second kappa shape index (κ2) is 7.75. The molecule has 2 aliphatic heterocycles. The smallest absolute Gasteiger partial charge is 0.234 e. The van der Waals surface area contributed by atoms with E-state index in [2.05, 4.69) is 20.6 Å². The molecule has 0 atom stereocenters. The summed E-state index contributed by atoms with van der Waals surface area (Å²) in [6.45, 7) is 0.748. The van der Waals surface area contributed by atoms with Crippen LogP contribution in [0.2, 0.25) is 0 Å². The van der Waals surface area contributed by atoms with Gasteiger partial charge in [-0.3, -0.25) is 9.69 Å². The van der Waals surface area contributed by atoms with Crippen LogP contribution in [0.5, 0.6) is 0 Å². The van der Waals surface area contributed by atoms with Crippen molar-refractivity contribution in [3.05, 3.63) is 84.1 Å². The summed E-state index contributed by atoms with van der Waals surface area (Å²) < 4.78 is 10.9. The lowest BCUT2D eigenvalue weighted by molar-refractivity contribution is -0.115. The molecule has 8 nitrogen and oxygen atoms in total. The Morgan fingerprint density at radius 2 is 2.03 bits per heavy atom. The summed E-state index contributed by atoms with van der Waals surface area (Å²) in [5, 5.41) is 6.05. The van der Waals surface area contributed by atoms with E-state index < -0.39 is 0 Å². The number of anilines is 4. The minimum absolute atomic E-state index is 0.00371. The van der Waals surface area contributed by atoms with Crippen LogP contribution in [-0.4, -0.2) is 22.7 Å². The van der Waals surface area contributed by atoms with Gasteiger partial charge in [-0.05, 0) is 35.4 Å². The first kappa shape index (κ1) is 18.0. The Kier molecular flexibility index (Phi) is 4.65. The number of nitrogens with one attached hydrogen (secondary N) is 2. The second-order valence-corrected chi connectivity index (χ2v) is 6.92. The number of hydrogen-bond donors (Lipinski definition) is 2. The predicted molar refractivity (Wildman–Crippen MR) is 112 cm³/mol. The highest BCUT2D eigenvalue weighted by Gasteiger charge is 2.21. The van der Waals surface area contributed by atoms with E-state index in [9.17, 15) is 4.79 Å². The van der Waals surface area contributed by atoms with Crippen molar-refractivity contribution in [3.63, 3.8) is 0 Å². The molecule has 0 radical (unpaired) electrons. The monoisotopic (exact) mass is 401 g/mol. The zero-order chi connectivity index (χ0) is 20.3. The highest BCUT2D eigenvalue weighted by molar-refractivity contribution is 5.99. The van der Waals surface area contributed by atoms with Crippen LogP contribution >= 0.6 is 0 Å². The van der Waals surface area contributed by atoms with Crippen molar-refractivity contribution in [1.29, 1.82) is 0 Å². The van der Waals surface area contributed by atoms with Gasteiger partial charge < -0.3 is 20.1 Å². The van der Waals surface area contributed by atoms with Gasteiger partial charge in [-0.15, -0.1) is 0 Å². The number of carbonyl (C=O) groups is 1. The number of rotatable bonds is 6. The van der Waals surface area contributed by atoms with E-state index in [1.807, 2.05) is 59.5 Å². The summed E-state index contributed by atoms with van der Waals surface area (Å²) in [5.74, 6) is 1.71. The summed E-state index contributed by atoms with van der Waals surface area (Å²) in [6.07, 6.45) is 3.65. The van der Waals surface area contributed by atoms with Gasteiger partial charge in [-0.2, -0.15) is 4.98 Å². The zero-order valence-electron chi connectivity index (χ0n) is 16.0. The van der Waals surface area contributed by atoms with Gasteiger partial charge >= 0.3 is 0 Å². The zero-order valence-corrected chi connectivity index (χ0v) is 16.0. The van der Waals surface area contributed by atoms with Gasteiger partial charge in [0, 0.05) is 17.6 Å². The van der Waals surface area contributed by atoms with E-state index in [1.165, 1.54) is 0 Å². The number of fused-ring (bicyclic) bond motifs is 1. The summed E-state index contributed by atoms with van der Waals surface area (Å²) in [5.41, 5.74) is 3.72. The summed E-state index contributed by atoms with van der Waals surface area (Å²) >= 11 is 0. The lowest BCUT2D eigenvalue weighted by Crippen LogP contribution is -2.23. The molecule has 0 unspecified atom stereocenters. The maximum Gasteiger partial charge on any atom is 0.234 e. The Morgan fingerprint density at radius 3 is 2.87 bits per heavy atom. The topological polar surface area (TPSA) is 88.6 Å². The van der Waals surface area contributed by atoms with E-state index >= 15 is 0 Å². The van der Waals surface area contributed by atoms with Crippen molar-refractivity contribution in [1.82, 2.24) is 9.97 Å². The summed E-state index contributed by atoms with van der Waals surface area (Å²) in [6, 6.07) is 17.6. The van der Waals surface area contributed by atoms with Crippen molar-refractivity contribution in [3.8, 4) is 0 Å². The molecule has 2 aromatic carbocycles. The average Bonchev–Trinajstić information content (AvgIpc) is 3.42. The quantitative estimate of drug-likeness (QED) is 0.653. The Balaban J connectivity index is 1.41. The largest absolute Gasteiger partial charge is 0.459 e. The Hall–Kier alpha value is -4.07. The third-order valence-corrected chi connectivity index (χ3v) is 4.81. The van der Waals surface area contributed by atoms with Crippen molar-refractivity contribution in [2.45, 2.75) is 13.0 Å². The molecule has 8 heteroatoms. The van der Waals surface area contributed by atoms with E-state index in [4.69, 9.17) is 9.47 Å². The van der Waals surface area contributed by atoms with Crippen LogP contribution in [0, 0.1) is 0 Å². The molecule has 0 spiro atoms. The molecule has 5 rings (SSSR count). The lowest BCUT2D eigenvalue weighted by Gasteiger charge is -2.23. The van der Waals surface area contributed by atoms with Crippen LogP contribution in [0.1, 0.15) is 11.1 Å². The molecule has 3 heterocycles. The van der Waals surface area contributed by atoms with Gasteiger partial charge in [-0.1, -0.05) is 30.3 Å². The van der Waals surface area contributed by atoms with E-state index in [1.54, 1.807) is 12.5 Å². The molecule has 2 aliphatic rings. The Morgan fingerprint density at radius 1 is 1.13 bits per heavy atom. The summed E-state index contributed by atoms with van der Waals surface area (Å²) in [7, 11) is 0. The van der Waals surface area contributed by atoms with E-state index in [-0.39, 0.29) is 12.7 Å². The van der Waals surface area contributed by atoms with E-state index in [0.717, 1.165) is 22.5 Å². The molecule has 2 N–H and O–H groups in total. The molecule has 3 aromatic rings. The number of nitrogens with zero attached hydrogens (tertiary/aromatic N) is 3. The number of benzene rings is 2. The SMILES string of the molecule is O=C1Cc2cc(Nc3nccc(N(Cc4ccccc4)C4=COCO4)n3)ccc2N1. The molecule has 1 aromatic heterocycles. The van der Waals surface area contributed by atoms with Crippen LogP contribution in [0.15, 0.2) is 72.9 Å². The molecule has 0 fully saturated rings. The number of aromatic nitrogens is 2. The minimum atomic E-state index is 0.00371. The molecule has 1 amide bonds. The first-order chi connectivity index (χ1) is 14.7. The number of amides is 1. The maximum atomic E-state index is 11.6. The molecular weight excluding hydrogens is 382 g/mol. The van der Waals surface area contributed by atoms with Gasteiger partial charge in [0.05, 0.1) is 13.0 Å². The van der Waals surface area contributed by atoms with Crippen molar-refractivity contribution < 1.29 is 14.3 Å². The average molecular weight is 401 g/mol. The number of ether oxygens (including phenoxy) is 2. The first-order valence-electron chi connectivity index (χ1n) is 9.53. The molecule has 30 heavy (non-hydrogen) atoms. The molecule has 0 bridgehead atoms. The van der Waals surface area contributed by atoms with Gasteiger partial charge in [0.15, 0.2) is 0 Å². The molecule has 0 aliphatic carbocycles. The second-order valence-electron chi connectivity index (χ2n) is 6.92. The Labute approximate surface area is 173 Å². The van der Waals surface area contributed by atoms with Crippen LogP contribution in [0.25, 0.3) is 0 Å². The van der Waals surface area contributed by atoms with Crippen LogP contribution in [0.3, 0.4) is 0 Å². The standard InChI is InChI=1S/C22H19N5O3/c28-20-11-16-10-17(6-7-18(16)25-20)24-22-23-9-8-19(26-22)27(21-13-29-14-30-21)12-15-4-2-1-3-5-15/h1-10,13H,11-12,14H2,(H,25,28)(H,23,24,26). The van der Waals surface area contributed by atoms with Gasteiger partial charge in [0.25, 0.3) is 0 Å². The minimum Gasteiger partial charge on any atom is -0.459 e. The molecule has 150 valence electrons. The molecule has 0 saturated carbocycles. The van der Waals surface area contributed by atoms with E-state index in [0.29, 0.717) is 30.6 Å². The summed E-state index contributed by atoms with van der Waals surface area (Å²) in [4.78, 5) is 22.5. The fourth-order valence-corrected chi connectivity index (χ4v) is 3.41. The Bertz CT molecular complexity index is 1120. The maximum absolute atomic E-state index is 11.6. The number of carbonyl (C=O) groups excluding carboxylic acids is 1. The third kappa shape index (κ3) is 3.75. The lowest BCUT2D eigenvalue weighted by atomic mass is 10.1.